The zero-order valence-electron chi connectivity index (χ0n) is 15.6. The van der Waals surface area contributed by atoms with E-state index in [0.29, 0.717) is 22.8 Å². The molecular formula is C20H19FN2O6. The summed E-state index contributed by atoms with van der Waals surface area (Å²) >= 11 is 0. The van der Waals surface area contributed by atoms with E-state index in [4.69, 9.17) is 19.0 Å². The number of hydrogen-bond donors (Lipinski definition) is 1. The maximum absolute atomic E-state index is 13.5. The molecule has 8 nitrogen and oxygen atoms in total. The van der Waals surface area contributed by atoms with E-state index in [9.17, 15) is 14.0 Å². The smallest absolute Gasteiger partial charge is 0.347 e. The third-order valence-electron chi connectivity index (χ3n) is 3.97. The lowest BCUT2D eigenvalue weighted by atomic mass is 10.1. The first-order valence-corrected chi connectivity index (χ1v) is 8.75. The van der Waals surface area contributed by atoms with Crippen molar-refractivity contribution < 1.29 is 33.0 Å². The lowest BCUT2D eigenvalue weighted by Crippen LogP contribution is -2.29. The van der Waals surface area contributed by atoms with Crippen LogP contribution in [-0.4, -0.2) is 37.6 Å². The lowest BCUT2D eigenvalue weighted by molar-refractivity contribution is -0.152. The van der Waals surface area contributed by atoms with Crippen molar-refractivity contribution in [2.45, 2.75) is 13.5 Å². The first-order valence-electron chi connectivity index (χ1n) is 8.75. The summed E-state index contributed by atoms with van der Waals surface area (Å²) in [7, 11) is 0. The monoisotopic (exact) mass is 402 g/mol. The molecule has 0 saturated carbocycles. The SMILES string of the molecule is C/C(=N/OCC(=O)OCC(=O)NCc1ccccc1F)c1ccc2c(c1)OCO2. The highest BCUT2D eigenvalue weighted by Gasteiger charge is 2.14. The second kappa shape index (κ2) is 9.54. The van der Waals surface area contributed by atoms with Crippen molar-refractivity contribution in [3.63, 3.8) is 0 Å². The Morgan fingerprint density at radius 2 is 1.93 bits per heavy atom. The Bertz CT molecular complexity index is 931. The third-order valence-corrected chi connectivity index (χ3v) is 3.97. The van der Waals surface area contributed by atoms with Crippen LogP contribution in [0.3, 0.4) is 0 Å². The summed E-state index contributed by atoms with van der Waals surface area (Å²) in [6.07, 6.45) is 0. The van der Waals surface area contributed by atoms with Gasteiger partial charge in [-0.2, -0.15) is 0 Å². The van der Waals surface area contributed by atoms with E-state index < -0.39 is 30.9 Å². The van der Waals surface area contributed by atoms with Gasteiger partial charge in [0.05, 0.1) is 5.71 Å². The number of fused-ring (bicyclic) bond motifs is 1. The van der Waals surface area contributed by atoms with E-state index in [0.717, 1.165) is 5.56 Å². The van der Waals surface area contributed by atoms with Crippen LogP contribution in [-0.2, 0) is 25.7 Å². The van der Waals surface area contributed by atoms with E-state index in [1.54, 1.807) is 43.3 Å². The number of hydrogen-bond acceptors (Lipinski definition) is 7. The van der Waals surface area contributed by atoms with Gasteiger partial charge in [0.15, 0.2) is 18.1 Å². The van der Waals surface area contributed by atoms with Crippen LogP contribution in [0.15, 0.2) is 47.6 Å². The average Bonchev–Trinajstić information content (AvgIpc) is 3.19. The summed E-state index contributed by atoms with van der Waals surface area (Å²) < 4.78 is 28.8. The molecule has 29 heavy (non-hydrogen) atoms. The number of rotatable bonds is 8. The number of oxime groups is 1. The van der Waals surface area contributed by atoms with E-state index >= 15 is 0 Å². The van der Waals surface area contributed by atoms with Gasteiger partial charge < -0.3 is 24.4 Å². The first-order chi connectivity index (χ1) is 14.0. The average molecular weight is 402 g/mol. The summed E-state index contributed by atoms with van der Waals surface area (Å²) in [5, 5.41) is 6.31. The van der Waals surface area contributed by atoms with Crippen LogP contribution >= 0.6 is 0 Å². The maximum Gasteiger partial charge on any atom is 0.347 e. The van der Waals surface area contributed by atoms with E-state index in [1.807, 2.05) is 0 Å². The molecule has 0 spiro atoms. The topological polar surface area (TPSA) is 95.5 Å². The number of carbonyl (C=O) groups is 2. The molecule has 152 valence electrons. The van der Waals surface area contributed by atoms with Gasteiger partial charge in [0.2, 0.25) is 13.4 Å². The predicted molar refractivity (Wildman–Crippen MR) is 99.9 cm³/mol. The second-order valence-corrected chi connectivity index (χ2v) is 6.05. The summed E-state index contributed by atoms with van der Waals surface area (Å²) in [5.74, 6) is -0.471. The summed E-state index contributed by atoms with van der Waals surface area (Å²) in [6, 6.07) is 11.4. The van der Waals surface area contributed by atoms with Crippen molar-refractivity contribution in [1.82, 2.24) is 5.32 Å². The minimum Gasteiger partial charge on any atom is -0.454 e. The number of ether oxygens (including phenoxy) is 3. The molecule has 0 aliphatic carbocycles. The van der Waals surface area contributed by atoms with E-state index in [1.165, 1.54) is 6.07 Å². The minimum atomic E-state index is -0.756. The molecule has 1 heterocycles. The molecule has 1 amide bonds. The zero-order valence-corrected chi connectivity index (χ0v) is 15.6. The van der Waals surface area contributed by atoms with Gasteiger partial charge in [0, 0.05) is 17.7 Å². The molecule has 3 rings (SSSR count). The Labute approximate surface area is 166 Å². The molecule has 0 fully saturated rings. The fourth-order valence-corrected chi connectivity index (χ4v) is 2.43. The fraction of sp³-hybridized carbons (Fsp3) is 0.250. The van der Waals surface area contributed by atoms with Crippen LogP contribution in [0.25, 0.3) is 0 Å². The largest absolute Gasteiger partial charge is 0.454 e. The van der Waals surface area contributed by atoms with Gasteiger partial charge in [0.1, 0.15) is 5.82 Å². The molecule has 9 heteroatoms. The fourth-order valence-electron chi connectivity index (χ4n) is 2.43. The highest BCUT2D eigenvalue weighted by Crippen LogP contribution is 2.32. The van der Waals surface area contributed by atoms with Gasteiger partial charge in [-0.3, -0.25) is 4.79 Å². The Hall–Kier alpha value is -3.62. The zero-order chi connectivity index (χ0) is 20.6. The van der Waals surface area contributed by atoms with Crippen molar-refractivity contribution in [3.8, 4) is 11.5 Å². The lowest BCUT2D eigenvalue weighted by Gasteiger charge is -2.07. The number of benzene rings is 2. The number of halogens is 1. The van der Waals surface area contributed by atoms with Crippen LogP contribution in [0.5, 0.6) is 11.5 Å². The predicted octanol–water partition coefficient (Wildman–Crippen LogP) is 2.15. The van der Waals surface area contributed by atoms with E-state index in [-0.39, 0.29) is 13.3 Å². The standard InChI is InChI=1S/C20H19FN2O6/c1-13(14-6-7-17-18(8-14)28-12-27-17)23-29-11-20(25)26-10-19(24)22-9-15-4-2-3-5-16(15)21/h2-8H,9-12H2,1H3,(H,22,24)/b23-13-. The number of esters is 1. The Kier molecular flexibility index (Phi) is 6.62. The number of carbonyl (C=O) groups excluding carboxylic acids is 2. The van der Waals surface area contributed by atoms with E-state index in [2.05, 4.69) is 10.5 Å². The number of nitrogens with zero attached hydrogens (tertiary/aromatic N) is 1. The highest BCUT2D eigenvalue weighted by molar-refractivity contribution is 5.99. The quantitative estimate of drug-likeness (QED) is 0.413. The molecule has 0 unspecified atom stereocenters. The summed E-state index contributed by atoms with van der Waals surface area (Å²) in [5.41, 5.74) is 1.61. The van der Waals surface area contributed by atoms with Gasteiger partial charge in [-0.05, 0) is 31.2 Å². The van der Waals surface area contributed by atoms with Crippen molar-refractivity contribution in [1.29, 1.82) is 0 Å². The summed E-state index contributed by atoms with van der Waals surface area (Å²) in [6.45, 7) is 0.923. The third kappa shape index (κ3) is 5.68. The molecule has 0 atom stereocenters. The number of amides is 1. The molecule has 1 N–H and O–H groups in total. The minimum absolute atomic E-state index is 0.00141. The van der Waals surface area contributed by atoms with Crippen LogP contribution in [0.2, 0.25) is 0 Å². The molecule has 2 aromatic carbocycles. The first kappa shape index (κ1) is 20.1. The van der Waals surface area contributed by atoms with Crippen molar-refractivity contribution in [2.24, 2.45) is 5.16 Å². The van der Waals surface area contributed by atoms with Gasteiger partial charge in [0.25, 0.3) is 5.91 Å². The molecule has 0 bridgehead atoms. The molecular weight excluding hydrogens is 383 g/mol. The Balaban J connectivity index is 1.37. The van der Waals surface area contributed by atoms with Gasteiger partial charge in [-0.25, -0.2) is 9.18 Å². The molecule has 1 aliphatic heterocycles. The molecule has 0 radical (unpaired) electrons. The number of nitrogens with one attached hydrogen (secondary N) is 1. The van der Waals surface area contributed by atoms with Crippen LogP contribution < -0.4 is 14.8 Å². The van der Waals surface area contributed by atoms with Gasteiger partial charge in [-0.1, -0.05) is 23.4 Å². The maximum atomic E-state index is 13.5. The summed E-state index contributed by atoms with van der Waals surface area (Å²) in [4.78, 5) is 28.3. The highest BCUT2D eigenvalue weighted by atomic mass is 19.1. The second-order valence-electron chi connectivity index (χ2n) is 6.05. The normalized spacial score (nSPS) is 12.4. The van der Waals surface area contributed by atoms with Gasteiger partial charge >= 0.3 is 5.97 Å². The van der Waals surface area contributed by atoms with Crippen molar-refractivity contribution >= 4 is 17.6 Å². The van der Waals surface area contributed by atoms with Crippen LogP contribution in [0.4, 0.5) is 4.39 Å². The molecule has 1 aliphatic rings. The van der Waals surface area contributed by atoms with Crippen molar-refractivity contribution in [2.75, 3.05) is 20.0 Å². The van der Waals surface area contributed by atoms with Crippen LogP contribution in [0, 0.1) is 5.82 Å². The van der Waals surface area contributed by atoms with Crippen LogP contribution in [0.1, 0.15) is 18.1 Å². The Morgan fingerprint density at radius 3 is 2.76 bits per heavy atom. The molecule has 0 saturated heterocycles. The van der Waals surface area contributed by atoms with Gasteiger partial charge in [-0.15, -0.1) is 0 Å². The molecule has 0 aromatic heterocycles. The Morgan fingerprint density at radius 1 is 1.14 bits per heavy atom. The molecule has 2 aromatic rings. The van der Waals surface area contributed by atoms with Crippen molar-refractivity contribution in [3.05, 3.63) is 59.4 Å².